The smallest absolute Gasteiger partial charge is 0.380 e. The molecule has 0 bridgehead atoms. The second-order valence-electron chi connectivity index (χ2n) is 13.3. The van der Waals surface area contributed by atoms with Gasteiger partial charge in [0.15, 0.2) is 11.5 Å². The number of hydrogen-bond acceptors (Lipinski definition) is 6. The number of halogens is 6. The Balaban J connectivity index is 1.58. The largest absolute Gasteiger partial charge is 0.493 e. The first-order chi connectivity index (χ1) is 23.1. The Morgan fingerprint density at radius 2 is 1.63 bits per heavy atom. The van der Waals surface area contributed by atoms with Crippen molar-refractivity contribution in [2.75, 3.05) is 14.2 Å². The number of thioether (sulfide) groups is 1. The Labute approximate surface area is 292 Å². The molecule has 0 amide bonds. The zero-order valence-corrected chi connectivity index (χ0v) is 29.6. The topological polar surface area (TPSA) is 31.6 Å². The molecule has 3 aromatic heterocycles. The van der Waals surface area contributed by atoms with E-state index in [-0.39, 0.29) is 55.3 Å². The minimum atomic E-state index is -5.76. The summed E-state index contributed by atoms with van der Waals surface area (Å²) in [4.78, 5) is 1.37. The van der Waals surface area contributed by atoms with E-state index in [0.29, 0.717) is 28.2 Å². The lowest BCUT2D eigenvalue weighted by molar-refractivity contribution is -0.254. The molecule has 3 nitrogen and oxygen atoms in total. The molecule has 7 rings (SSSR count). The highest BCUT2D eigenvalue weighted by Crippen LogP contribution is 2.67. The summed E-state index contributed by atoms with van der Waals surface area (Å²) >= 11 is 3.85. The van der Waals surface area contributed by atoms with Crippen molar-refractivity contribution < 1.29 is 40.2 Å². The van der Waals surface area contributed by atoms with Gasteiger partial charge in [-0.05, 0) is 53.2 Å². The Morgan fingerprint density at radius 1 is 0.918 bits per heavy atom. The molecular weight excluding hydrogens is 703 g/mol. The van der Waals surface area contributed by atoms with Crippen LogP contribution < -0.4 is 9.47 Å². The third-order valence-electron chi connectivity index (χ3n) is 9.36. The highest BCUT2D eigenvalue weighted by atomic mass is 32.2. The van der Waals surface area contributed by atoms with Crippen molar-refractivity contribution in [3.63, 3.8) is 0 Å². The molecule has 1 aromatic carbocycles. The van der Waals surface area contributed by atoms with Crippen LogP contribution in [0, 0.1) is 11.3 Å². The highest BCUT2D eigenvalue weighted by molar-refractivity contribution is 8.02. The van der Waals surface area contributed by atoms with Crippen LogP contribution >= 0.6 is 34.4 Å². The van der Waals surface area contributed by atoms with Gasteiger partial charge in [-0.2, -0.15) is 26.3 Å². The van der Waals surface area contributed by atoms with Crippen LogP contribution in [0.2, 0.25) is 0 Å². The monoisotopic (exact) mass is 734 g/mol. The molecule has 3 aliphatic rings. The standard InChI is InChI=1S/C37H32F6O3S3/c1-34(2,3)20-12-10-19(11-13-20)32-29(21-16-24(44-4)25(45-5)18-23(21)46-32)31-30(35(38,39)37(42,43)36(31,40)41)22-17-28(26-8-6-14-47-26)49-33(22)27-9-7-15-48-27/h6-7,9-12,14-18,20,26H,8,13H2,1-5H3. The molecule has 0 saturated heterocycles. The summed E-state index contributed by atoms with van der Waals surface area (Å²) in [5.74, 6) is -16.1. The van der Waals surface area contributed by atoms with Crippen LogP contribution in [-0.2, 0) is 0 Å². The number of thiophene rings is 2. The first kappa shape index (κ1) is 34.1. The zero-order valence-electron chi connectivity index (χ0n) is 27.1. The maximum Gasteiger partial charge on any atom is 0.380 e. The van der Waals surface area contributed by atoms with Gasteiger partial charge in [0.05, 0.1) is 19.1 Å². The van der Waals surface area contributed by atoms with E-state index in [1.807, 2.05) is 17.6 Å². The Kier molecular flexibility index (Phi) is 8.27. The van der Waals surface area contributed by atoms with Crippen LogP contribution in [0.4, 0.5) is 26.3 Å². The predicted molar refractivity (Wildman–Crippen MR) is 187 cm³/mol. The van der Waals surface area contributed by atoms with E-state index in [1.165, 1.54) is 55.5 Å². The van der Waals surface area contributed by atoms with E-state index >= 15 is 26.3 Å². The molecular formula is C37H32F6O3S3. The van der Waals surface area contributed by atoms with Gasteiger partial charge in [-0.1, -0.05) is 51.1 Å². The summed E-state index contributed by atoms with van der Waals surface area (Å²) in [6, 6.07) is 7.47. The summed E-state index contributed by atoms with van der Waals surface area (Å²) < 4.78 is 115. The summed E-state index contributed by atoms with van der Waals surface area (Å²) in [6.45, 7) is 6.19. The fourth-order valence-corrected chi connectivity index (χ4v) is 9.80. The Hall–Kier alpha value is -3.35. The van der Waals surface area contributed by atoms with Gasteiger partial charge in [-0.3, -0.25) is 0 Å². The Morgan fingerprint density at radius 3 is 2.22 bits per heavy atom. The summed E-state index contributed by atoms with van der Waals surface area (Å²) in [6.07, 6.45) is 8.39. The van der Waals surface area contributed by atoms with Gasteiger partial charge in [0.25, 0.3) is 0 Å². The van der Waals surface area contributed by atoms with E-state index in [1.54, 1.807) is 29.7 Å². The van der Waals surface area contributed by atoms with Gasteiger partial charge in [-0.25, -0.2) is 0 Å². The van der Waals surface area contributed by atoms with Crippen molar-refractivity contribution in [2.24, 2.45) is 11.3 Å². The summed E-state index contributed by atoms with van der Waals surface area (Å²) in [5, 5.41) is 3.37. The van der Waals surface area contributed by atoms with Crippen LogP contribution in [0.5, 0.6) is 11.5 Å². The van der Waals surface area contributed by atoms with Crippen molar-refractivity contribution in [1.82, 2.24) is 0 Å². The molecule has 0 fully saturated rings. The molecule has 4 heterocycles. The fraction of sp³-hybridized carbons (Fsp3) is 0.351. The first-order valence-corrected chi connectivity index (χ1v) is 18.2. The molecule has 258 valence electrons. The van der Waals surface area contributed by atoms with E-state index in [2.05, 4.69) is 20.8 Å². The lowest BCUT2D eigenvalue weighted by Gasteiger charge is -2.29. The minimum absolute atomic E-state index is 0.00556. The van der Waals surface area contributed by atoms with Crippen molar-refractivity contribution in [3.05, 3.63) is 87.2 Å². The number of rotatable bonds is 7. The van der Waals surface area contributed by atoms with Gasteiger partial charge in [-0.15, -0.1) is 34.4 Å². The van der Waals surface area contributed by atoms with Crippen LogP contribution in [0.3, 0.4) is 0 Å². The van der Waals surface area contributed by atoms with E-state index in [0.717, 1.165) is 11.3 Å². The van der Waals surface area contributed by atoms with Gasteiger partial charge in [0.1, 0.15) is 11.3 Å². The molecule has 2 atom stereocenters. The number of allylic oxidation sites excluding steroid dienone is 7. The first-order valence-electron chi connectivity index (χ1n) is 15.6. The van der Waals surface area contributed by atoms with E-state index < -0.39 is 34.5 Å². The van der Waals surface area contributed by atoms with Crippen LogP contribution in [0.1, 0.15) is 60.6 Å². The number of ether oxygens (including phenoxy) is 2. The SMILES string of the molecule is COc1cc2oc(C3=CCC(C(C)(C)C)C=C3)c(C3=C(c4cc(C5CC=CS5)sc4-c4cccs4)C(F)(F)C(F)(F)C3(F)F)c2cc1OC. The van der Waals surface area contributed by atoms with E-state index in [9.17, 15) is 0 Å². The lowest BCUT2D eigenvalue weighted by Crippen LogP contribution is -2.48. The van der Waals surface area contributed by atoms with Crippen LogP contribution in [0.25, 0.3) is 37.4 Å². The van der Waals surface area contributed by atoms with Crippen molar-refractivity contribution >= 4 is 62.1 Å². The maximum absolute atomic E-state index is 16.6. The maximum atomic E-state index is 16.6. The van der Waals surface area contributed by atoms with E-state index in [4.69, 9.17) is 13.9 Å². The van der Waals surface area contributed by atoms with Crippen LogP contribution in [0.15, 0.2) is 69.8 Å². The summed E-state index contributed by atoms with van der Waals surface area (Å²) in [5.41, 5.74) is -3.55. The van der Waals surface area contributed by atoms with Crippen molar-refractivity contribution in [2.45, 2.75) is 56.6 Å². The van der Waals surface area contributed by atoms with Gasteiger partial charge in [0.2, 0.25) is 0 Å². The number of alkyl halides is 6. The molecule has 0 spiro atoms. The van der Waals surface area contributed by atoms with Crippen molar-refractivity contribution in [1.29, 1.82) is 0 Å². The highest BCUT2D eigenvalue weighted by Gasteiger charge is 2.81. The van der Waals surface area contributed by atoms with Gasteiger partial charge < -0.3 is 13.9 Å². The number of benzene rings is 1. The fourth-order valence-electron chi connectivity index (χ4n) is 6.63. The number of furan rings is 1. The molecule has 2 unspecified atom stereocenters. The molecule has 0 saturated carbocycles. The van der Waals surface area contributed by atoms with Crippen LogP contribution in [-0.4, -0.2) is 32.0 Å². The number of fused-ring (bicyclic) bond motifs is 1. The quantitative estimate of drug-likeness (QED) is 0.177. The molecule has 49 heavy (non-hydrogen) atoms. The normalized spacial score (nSPS) is 22.7. The molecule has 4 aromatic rings. The molecule has 1 aliphatic heterocycles. The third kappa shape index (κ3) is 5.23. The number of hydrogen-bond donors (Lipinski definition) is 0. The average Bonchev–Trinajstić information content (AvgIpc) is 3.89. The van der Waals surface area contributed by atoms with Gasteiger partial charge >= 0.3 is 17.8 Å². The second-order valence-corrected chi connectivity index (χ2v) is 16.5. The summed E-state index contributed by atoms with van der Waals surface area (Å²) in [7, 11) is 2.70. The minimum Gasteiger partial charge on any atom is -0.493 e. The lowest BCUT2D eigenvalue weighted by atomic mass is 9.76. The molecule has 12 heteroatoms. The molecule has 2 aliphatic carbocycles. The second kappa shape index (κ2) is 11.9. The molecule has 0 N–H and O–H groups in total. The zero-order chi connectivity index (χ0) is 35.1. The van der Waals surface area contributed by atoms with Gasteiger partial charge in [0, 0.05) is 54.3 Å². The molecule has 0 radical (unpaired) electrons. The number of methoxy groups -OCH3 is 2. The third-order valence-corrected chi connectivity index (χ3v) is 12.9. The predicted octanol–water partition coefficient (Wildman–Crippen LogP) is 12.8. The van der Waals surface area contributed by atoms with Crippen molar-refractivity contribution in [3.8, 4) is 21.3 Å². The Bertz CT molecular complexity index is 2050. The average molecular weight is 735 g/mol.